The van der Waals surface area contributed by atoms with Crippen LogP contribution in [-0.2, 0) is 0 Å². The van der Waals surface area contributed by atoms with Crippen LogP contribution in [0.5, 0.6) is 11.5 Å². The van der Waals surface area contributed by atoms with E-state index in [2.05, 4.69) is 43.4 Å². The molecule has 0 aromatic heterocycles. The van der Waals surface area contributed by atoms with Crippen LogP contribution in [0.1, 0.15) is 54.2 Å². The van der Waals surface area contributed by atoms with E-state index >= 15 is 0 Å². The van der Waals surface area contributed by atoms with Crippen molar-refractivity contribution in [1.29, 1.82) is 0 Å². The molecule has 1 aliphatic rings. The maximum absolute atomic E-state index is 12.5. The number of fused-ring (bicyclic) bond motifs is 1. The van der Waals surface area contributed by atoms with E-state index in [1.165, 1.54) is 5.56 Å². The van der Waals surface area contributed by atoms with E-state index in [-0.39, 0.29) is 11.9 Å². The second kappa shape index (κ2) is 6.95. The number of carbonyl (C=O) groups is 1. The van der Waals surface area contributed by atoms with Gasteiger partial charge in [0.15, 0.2) is 11.5 Å². The van der Waals surface area contributed by atoms with E-state index in [1.54, 1.807) is 18.2 Å². The Morgan fingerprint density at radius 2 is 1.54 bits per heavy atom. The Labute approximate surface area is 142 Å². The molecule has 1 unspecified atom stereocenters. The van der Waals surface area contributed by atoms with Gasteiger partial charge in [-0.15, -0.1) is 0 Å². The quantitative estimate of drug-likeness (QED) is 0.921. The van der Waals surface area contributed by atoms with Gasteiger partial charge in [-0.05, 0) is 42.2 Å². The zero-order valence-corrected chi connectivity index (χ0v) is 14.3. The number of hydrogen-bond donors (Lipinski definition) is 1. The van der Waals surface area contributed by atoms with Crippen LogP contribution in [0.25, 0.3) is 0 Å². The summed E-state index contributed by atoms with van der Waals surface area (Å²) in [6, 6.07) is 13.6. The van der Waals surface area contributed by atoms with Gasteiger partial charge in [0.05, 0.1) is 6.04 Å². The summed E-state index contributed by atoms with van der Waals surface area (Å²) in [5, 5.41) is 3.03. The van der Waals surface area contributed by atoms with Gasteiger partial charge in [0.25, 0.3) is 5.91 Å². The van der Waals surface area contributed by atoms with Crippen molar-refractivity contribution in [3.05, 3.63) is 59.2 Å². The molecule has 2 aromatic rings. The van der Waals surface area contributed by atoms with E-state index in [4.69, 9.17) is 9.47 Å². The summed E-state index contributed by atoms with van der Waals surface area (Å²) in [4.78, 5) is 12.5. The van der Waals surface area contributed by atoms with E-state index in [1.807, 2.05) is 6.92 Å². The number of hydrogen-bond acceptors (Lipinski definition) is 3. The third-order valence-electron chi connectivity index (χ3n) is 4.26. The monoisotopic (exact) mass is 325 g/mol. The molecule has 1 atom stereocenters. The first-order chi connectivity index (χ1) is 11.5. The van der Waals surface area contributed by atoms with Crippen LogP contribution in [0, 0.1) is 0 Å². The molecule has 4 nitrogen and oxygen atoms in total. The van der Waals surface area contributed by atoms with E-state index in [0.29, 0.717) is 36.2 Å². The third kappa shape index (κ3) is 3.53. The largest absolute Gasteiger partial charge is 0.486 e. The average molecular weight is 325 g/mol. The number of amides is 1. The summed E-state index contributed by atoms with van der Waals surface area (Å²) in [5.41, 5.74) is 2.96. The van der Waals surface area contributed by atoms with Gasteiger partial charge in [-0.25, -0.2) is 0 Å². The predicted molar refractivity (Wildman–Crippen MR) is 93.8 cm³/mol. The van der Waals surface area contributed by atoms with Crippen molar-refractivity contribution >= 4 is 5.91 Å². The minimum atomic E-state index is -0.118. The fourth-order valence-corrected chi connectivity index (χ4v) is 2.72. The van der Waals surface area contributed by atoms with Gasteiger partial charge in [-0.2, -0.15) is 0 Å². The summed E-state index contributed by atoms with van der Waals surface area (Å²) in [5.74, 6) is 1.70. The molecule has 0 saturated heterocycles. The minimum Gasteiger partial charge on any atom is -0.486 e. The van der Waals surface area contributed by atoms with Crippen molar-refractivity contribution in [3.8, 4) is 11.5 Å². The number of carbonyl (C=O) groups excluding carboxylic acids is 1. The lowest BCUT2D eigenvalue weighted by atomic mass is 9.99. The summed E-state index contributed by atoms with van der Waals surface area (Å²) >= 11 is 0. The molecule has 1 amide bonds. The Bertz CT molecular complexity index is 722. The fraction of sp³-hybridized carbons (Fsp3) is 0.350. The highest BCUT2D eigenvalue weighted by molar-refractivity contribution is 5.95. The zero-order valence-electron chi connectivity index (χ0n) is 14.3. The topological polar surface area (TPSA) is 47.6 Å². The van der Waals surface area contributed by atoms with Crippen LogP contribution < -0.4 is 14.8 Å². The lowest BCUT2D eigenvalue weighted by Gasteiger charge is -2.19. The third-order valence-corrected chi connectivity index (χ3v) is 4.26. The Morgan fingerprint density at radius 1 is 0.917 bits per heavy atom. The second-order valence-corrected chi connectivity index (χ2v) is 6.37. The van der Waals surface area contributed by atoms with Crippen molar-refractivity contribution in [2.24, 2.45) is 0 Å². The van der Waals surface area contributed by atoms with E-state index in [0.717, 1.165) is 5.56 Å². The molecule has 3 rings (SSSR count). The number of rotatable bonds is 4. The Balaban J connectivity index is 1.69. The molecule has 0 radical (unpaired) electrons. The average Bonchev–Trinajstić information content (AvgIpc) is 2.61. The Kier molecular flexibility index (Phi) is 4.74. The first-order valence-corrected chi connectivity index (χ1v) is 8.35. The Hall–Kier alpha value is -2.49. The first-order valence-electron chi connectivity index (χ1n) is 8.35. The van der Waals surface area contributed by atoms with Gasteiger partial charge in [0.2, 0.25) is 0 Å². The van der Waals surface area contributed by atoms with Crippen molar-refractivity contribution < 1.29 is 14.3 Å². The van der Waals surface area contributed by atoms with Crippen LogP contribution >= 0.6 is 0 Å². The van der Waals surface area contributed by atoms with Crippen molar-refractivity contribution in [2.45, 2.75) is 32.7 Å². The Morgan fingerprint density at radius 3 is 2.21 bits per heavy atom. The molecule has 1 aliphatic heterocycles. The molecule has 4 heteroatoms. The molecule has 0 saturated carbocycles. The highest BCUT2D eigenvalue weighted by Gasteiger charge is 2.16. The molecule has 126 valence electrons. The standard InChI is InChI=1S/C20H23NO3/c1-13(2)15-4-6-16(7-5-15)14(3)21-20(22)17-8-9-18-19(12-17)24-11-10-23-18/h4-9,12-14H,10-11H2,1-3H3,(H,21,22). The van der Waals surface area contributed by atoms with Gasteiger partial charge >= 0.3 is 0 Å². The highest BCUT2D eigenvalue weighted by atomic mass is 16.6. The van der Waals surface area contributed by atoms with Gasteiger partial charge in [-0.3, -0.25) is 4.79 Å². The summed E-state index contributed by atoms with van der Waals surface area (Å²) in [7, 11) is 0. The lowest BCUT2D eigenvalue weighted by molar-refractivity contribution is 0.0938. The molecule has 24 heavy (non-hydrogen) atoms. The molecular weight excluding hydrogens is 302 g/mol. The summed E-state index contributed by atoms with van der Waals surface area (Å²) in [6.07, 6.45) is 0. The zero-order chi connectivity index (χ0) is 17.1. The van der Waals surface area contributed by atoms with E-state index < -0.39 is 0 Å². The maximum Gasteiger partial charge on any atom is 0.251 e. The molecule has 0 fully saturated rings. The second-order valence-electron chi connectivity index (χ2n) is 6.37. The normalized spacial score (nSPS) is 14.3. The summed E-state index contributed by atoms with van der Waals surface area (Å²) in [6.45, 7) is 7.38. The van der Waals surface area contributed by atoms with Crippen molar-refractivity contribution in [2.75, 3.05) is 13.2 Å². The van der Waals surface area contributed by atoms with Crippen LogP contribution in [0.4, 0.5) is 0 Å². The molecule has 0 aliphatic carbocycles. The maximum atomic E-state index is 12.5. The van der Waals surface area contributed by atoms with Gasteiger partial charge in [-0.1, -0.05) is 38.1 Å². The molecule has 1 heterocycles. The van der Waals surface area contributed by atoms with Gasteiger partial charge in [0.1, 0.15) is 13.2 Å². The predicted octanol–water partition coefficient (Wildman–Crippen LogP) is 4.07. The smallest absolute Gasteiger partial charge is 0.251 e. The summed E-state index contributed by atoms with van der Waals surface area (Å²) < 4.78 is 11.0. The minimum absolute atomic E-state index is 0.0630. The van der Waals surface area contributed by atoms with Gasteiger partial charge in [0, 0.05) is 5.56 Å². The van der Waals surface area contributed by atoms with Crippen LogP contribution in [0.15, 0.2) is 42.5 Å². The lowest BCUT2D eigenvalue weighted by Crippen LogP contribution is -2.27. The molecule has 1 N–H and O–H groups in total. The fourth-order valence-electron chi connectivity index (χ4n) is 2.72. The van der Waals surface area contributed by atoms with Crippen molar-refractivity contribution in [1.82, 2.24) is 5.32 Å². The molecule has 0 spiro atoms. The SMILES string of the molecule is CC(C)c1ccc(C(C)NC(=O)c2ccc3c(c2)OCCO3)cc1. The van der Waals surface area contributed by atoms with Crippen LogP contribution in [0.3, 0.4) is 0 Å². The highest BCUT2D eigenvalue weighted by Crippen LogP contribution is 2.31. The van der Waals surface area contributed by atoms with Gasteiger partial charge < -0.3 is 14.8 Å². The number of ether oxygens (including phenoxy) is 2. The molecule has 0 bridgehead atoms. The molecule has 2 aromatic carbocycles. The number of benzene rings is 2. The van der Waals surface area contributed by atoms with Crippen molar-refractivity contribution in [3.63, 3.8) is 0 Å². The van der Waals surface area contributed by atoms with E-state index in [9.17, 15) is 4.79 Å². The van der Waals surface area contributed by atoms with Crippen LogP contribution in [0.2, 0.25) is 0 Å². The first kappa shape index (κ1) is 16.4. The number of nitrogens with one attached hydrogen (secondary N) is 1. The molecular formula is C20H23NO3. The van der Waals surface area contributed by atoms with Crippen LogP contribution in [-0.4, -0.2) is 19.1 Å².